The molecule has 2 aromatic rings. The van der Waals surface area contributed by atoms with Crippen LogP contribution >= 0.6 is 0 Å². The van der Waals surface area contributed by atoms with Gasteiger partial charge in [-0.25, -0.2) is 0 Å². The molecule has 0 N–H and O–H groups in total. The van der Waals surface area contributed by atoms with Crippen LogP contribution in [0.25, 0.3) is 0 Å². The summed E-state index contributed by atoms with van der Waals surface area (Å²) < 4.78 is 38.5. The molecule has 0 spiro atoms. The maximum Gasteiger partial charge on any atom is 0.433 e. The standard InChI is InChI=1S/C21H21F3N4O/c22-21(23,24)19-8-16(4-5-25-19)27-9-13(10-27)6-20(29)28-11-15-7-14-2-1-3-17(14)26-18(15)12-28/h4-5,7-8,13H,1-3,6,9-12H2. The zero-order chi connectivity index (χ0) is 20.2. The van der Waals surface area contributed by atoms with Gasteiger partial charge in [-0.05, 0) is 42.5 Å². The highest BCUT2D eigenvalue weighted by Crippen LogP contribution is 2.34. The zero-order valence-corrected chi connectivity index (χ0v) is 15.9. The second kappa shape index (κ2) is 6.71. The normalized spacial score (nSPS) is 18.6. The molecule has 152 valence electrons. The molecule has 0 unspecified atom stereocenters. The summed E-state index contributed by atoms with van der Waals surface area (Å²) in [5.74, 6) is 0.255. The molecule has 0 saturated carbocycles. The minimum absolute atomic E-state index is 0.0959. The van der Waals surface area contributed by atoms with Crippen LogP contribution in [-0.4, -0.2) is 33.9 Å². The second-order valence-corrected chi connectivity index (χ2v) is 8.18. The lowest BCUT2D eigenvalue weighted by Crippen LogP contribution is -2.48. The maximum atomic E-state index is 12.8. The molecule has 5 nitrogen and oxygen atoms in total. The van der Waals surface area contributed by atoms with Crippen LogP contribution in [0.3, 0.4) is 0 Å². The van der Waals surface area contributed by atoms with Crippen LogP contribution in [0.1, 0.15) is 41.1 Å². The summed E-state index contributed by atoms with van der Waals surface area (Å²) in [4.78, 5) is 24.6. The van der Waals surface area contributed by atoms with Crippen molar-refractivity contribution in [2.24, 2.45) is 5.92 Å². The van der Waals surface area contributed by atoms with Gasteiger partial charge >= 0.3 is 6.18 Å². The number of fused-ring (bicyclic) bond motifs is 2. The third-order valence-electron chi connectivity index (χ3n) is 6.09. The summed E-state index contributed by atoms with van der Waals surface area (Å²) in [6.07, 6.45) is 0.416. The Kier molecular flexibility index (Phi) is 4.26. The van der Waals surface area contributed by atoms with E-state index in [1.165, 1.54) is 17.5 Å². The smallest absolute Gasteiger partial charge is 0.371 e. The van der Waals surface area contributed by atoms with Crippen molar-refractivity contribution in [3.05, 3.63) is 52.6 Å². The molecule has 1 amide bonds. The van der Waals surface area contributed by atoms with Gasteiger partial charge in [0.25, 0.3) is 0 Å². The summed E-state index contributed by atoms with van der Waals surface area (Å²) in [6, 6.07) is 4.86. The summed E-state index contributed by atoms with van der Waals surface area (Å²) in [5, 5.41) is 0. The SMILES string of the molecule is O=C(CC1CN(c2ccnc(C(F)(F)F)c2)C1)N1Cc2cc3c(nc2C1)CCC3. The molecule has 1 saturated heterocycles. The number of pyridine rings is 2. The Morgan fingerprint density at radius 1 is 1.10 bits per heavy atom. The lowest BCUT2D eigenvalue weighted by Gasteiger charge is -2.41. The van der Waals surface area contributed by atoms with E-state index >= 15 is 0 Å². The molecule has 29 heavy (non-hydrogen) atoms. The van der Waals surface area contributed by atoms with E-state index < -0.39 is 11.9 Å². The topological polar surface area (TPSA) is 49.3 Å². The van der Waals surface area contributed by atoms with Crippen molar-refractivity contribution in [2.45, 2.75) is 44.9 Å². The molecule has 3 aliphatic rings. The number of alkyl halides is 3. The Labute approximate surface area is 166 Å². The van der Waals surface area contributed by atoms with Gasteiger partial charge in [-0.3, -0.25) is 14.8 Å². The molecule has 2 aromatic heterocycles. The monoisotopic (exact) mass is 402 g/mol. The van der Waals surface area contributed by atoms with Gasteiger partial charge in [0.15, 0.2) is 0 Å². The molecular formula is C21H21F3N4O. The van der Waals surface area contributed by atoms with Crippen molar-refractivity contribution in [1.82, 2.24) is 14.9 Å². The lowest BCUT2D eigenvalue weighted by atomic mass is 9.95. The van der Waals surface area contributed by atoms with Crippen LogP contribution < -0.4 is 4.90 Å². The van der Waals surface area contributed by atoms with E-state index in [0.717, 1.165) is 36.6 Å². The molecule has 0 atom stereocenters. The Hall–Kier alpha value is -2.64. The second-order valence-electron chi connectivity index (χ2n) is 8.18. The molecule has 0 bridgehead atoms. The van der Waals surface area contributed by atoms with Crippen molar-refractivity contribution in [2.75, 3.05) is 18.0 Å². The first kappa shape index (κ1) is 18.4. The lowest BCUT2D eigenvalue weighted by molar-refractivity contribution is -0.141. The van der Waals surface area contributed by atoms with Gasteiger partial charge in [0.05, 0.1) is 12.2 Å². The van der Waals surface area contributed by atoms with Crippen molar-refractivity contribution in [1.29, 1.82) is 0 Å². The number of halogens is 3. The quantitative estimate of drug-likeness (QED) is 0.790. The fraction of sp³-hybridized carbons (Fsp3) is 0.476. The van der Waals surface area contributed by atoms with Crippen LogP contribution in [0.5, 0.6) is 0 Å². The number of aryl methyl sites for hydroxylation is 2. The molecule has 0 aromatic carbocycles. The van der Waals surface area contributed by atoms with Gasteiger partial charge in [0.2, 0.25) is 5.91 Å². The number of nitrogens with zero attached hydrogens (tertiary/aromatic N) is 4. The Morgan fingerprint density at radius 3 is 2.72 bits per heavy atom. The van der Waals surface area contributed by atoms with Gasteiger partial charge in [-0.15, -0.1) is 0 Å². The minimum atomic E-state index is -4.45. The Bertz CT molecular complexity index is 936. The highest BCUT2D eigenvalue weighted by molar-refractivity contribution is 5.77. The summed E-state index contributed by atoms with van der Waals surface area (Å²) in [5.41, 5.74) is 4.30. The number of rotatable bonds is 3. The Morgan fingerprint density at radius 2 is 1.93 bits per heavy atom. The first-order valence-corrected chi connectivity index (χ1v) is 9.93. The van der Waals surface area contributed by atoms with E-state index in [4.69, 9.17) is 4.98 Å². The van der Waals surface area contributed by atoms with Gasteiger partial charge in [0, 0.05) is 49.6 Å². The van der Waals surface area contributed by atoms with Gasteiger partial charge < -0.3 is 9.80 Å². The average Bonchev–Trinajstić information content (AvgIpc) is 3.27. The first-order valence-electron chi connectivity index (χ1n) is 9.93. The number of carbonyl (C=O) groups excluding carboxylic acids is 1. The third kappa shape index (κ3) is 3.45. The van der Waals surface area contributed by atoms with Crippen LogP contribution in [0.15, 0.2) is 24.4 Å². The summed E-state index contributed by atoms with van der Waals surface area (Å²) in [7, 11) is 0. The van der Waals surface area contributed by atoms with Crippen molar-refractivity contribution in [3.63, 3.8) is 0 Å². The highest BCUT2D eigenvalue weighted by atomic mass is 19.4. The number of hydrogen-bond donors (Lipinski definition) is 0. The van der Waals surface area contributed by atoms with Crippen LogP contribution in [0, 0.1) is 5.92 Å². The fourth-order valence-electron chi connectivity index (χ4n) is 4.51. The van der Waals surface area contributed by atoms with E-state index in [0.29, 0.717) is 38.3 Å². The first-order chi connectivity index (χ1) is 13.9. The molecule has 2 aliphatic heterocycles. The Balaban J connectivity index is 1.17. The zero-order valence-electron chi connectivity index (χ0n) is 15.9. The van der Waals surface area contributed by atoms with Crippen LogP contribution in [-0.2, 0) is 36.9 Å². The van der Waals surface area contributed by atoms with Crippen LogP contribution in [0.4, 0.5) is 18.9 Å². The number of anilines is 1. The number of carbonyl (C=O) groups is 1. The van der Waals surface area contributed by atoms with E-state index in [1.54, 1.807) is 6.07 Å². The molecule has 4 heterocycles. The van der Waals surface area contributed by atoms with Gasteiger partial charge in [-0.2, -0.15) is 13.2 Å². The predicted octanol–water partition coefficient (Wildman–Crippen LogP) is 3.35. The number of amides is 1. The van der Waals surface area contributed by atoms with E-state index in [2.05, 4.69) is 11.1 Å². The van der Waals surface area contributed by atoms with Crippen molar-refractivity contribution >= 4 is 11.6 Å². The fourth-order valence-corrected chi connectivity index (χ4v) is 4.51. The van der Waals surface area contributed by atoms with E-state index in [9.17, 15) is 18.0 Å². The summed E-state index contributed by atoms with van der Waals surface area (Å²) in [6.45, 7) is 2.35. The summed E-state index contributed by atoms with van der Waals surface area (Å²) >= 11 is 0. The van der Waals surface area contributed by atoms with Crippen molar-refractivity contribution in [3.8, 4) is 0 Å². The van der Waals surface area contributed by atoms with Crippen molar-refractivity contribution < 1.29 is 18.0 Å². The maximum absolute atomic E-state index is 12.8. The number of hydrogen-bond acceptors (Lipinski definition) is 4. The largest absolute Gasteiger partial charge is 0.433 e. The molecular weight excluding hydrogens is 381 g/mol. The molecule has 1 aliphatic carbocycles. The van der Waals surface area contributed by atoms with E-state index in [-0.39, 0.29) is 11.8 Å². The van der Waals surface area contributed by atoms with Gasteiger partial charge in [-0.1, -0.05) is 6.07 Å². The van der Waals surface area contributed by atoms with E-state index in [1.807, 2.05) is 9.80 Å². The average molecular weight is 402 g/mol. The molecule has 5 rings (SSSR count). The number of aromatic nitrogens is 2. The minimum Gasteiger partial charge on any atom is -0.371 e. The van der Waals surface area contributed by atoms with Gasteiger partial charge in [0.1, 0.15) is 5.69 Å². The third-order valence-corrected chi connectivity index (χ3v) is 6.09. The highest BCUT2D eigenvalue weighted by Gasteiger charge is 2.36. The molecule has 8 heteroatoms. The molecule has 0 radical (unpaired) electrons. The van der Waals surface area contributed by atoms with Crippen LogP contribution in [0.2, 0.25) is 0 Å². The predicted molar refractivity (Wildman–Crippen MR) is 100 cm³/mol. The molecule has 1 fully saturated rings.